The molecule has 21 heavy (non-hydrogen) atoms. The topological polar surface area (TPSA) is 32.5 Å². The molecular weight excluding hydrogens is 302 g/mol. The summed E-state index contributed by atoms with van der Waals surface area (Å²) in [5.41, 5.74) is 7.51. The van der Waals surface area contributed by atoms with Gasteiger partial charge in [0.05, 0.1) is 10.7 Å². The van der Waals surface area contributed by atoms with Gasteiger partial charge < -0.3 is 15.5 Å². The minimum atomic E-state index is 0.382. The fourth-order valence-electron chi connectivity index (χ4n) is 2.39. The molecule has 2 N–H and O–H groups in total. The van der Waals surface area contributed by atoms with Gasteiger partial charge >= 0.3 is 0 Å². The average Bonchev–Trinajstić information content (AvgIpc) is 2.48. The molecule has 0 saturated carbocycles. The standard InChI is InChI=1S/C16H26ClN3S/c1-4-19(5-2)10-7-11-20(6-3)15-9-8-13(16(18)21)12-14(15)17/h8-9,12H,4-7,10-11H2,1-3H3,(H2,18,21). The number of nitrogens with zero attached hydrogens (tertiary/aromatic N) is 2. The van der Waals surface area contributed by atoms with Crippen LogP contribution in [-0.2, 0) is 0 Å². The Balaban J connectivity index is 2.69. The van der Waals surface area contributed by atoms with Gasteiger partial charge in [-0.3, -0.25) is 0 Å². The van der Waals surface area contributed by atoms with Crippen molar-refractivity contribution in [2.24, 2.45) is 5.73 Å². The Morgan fingerprint density at radius 3 is 2.29 bits per heavy atom. The van der Waals surface area contributed by atoms with E-state index in [4.69, 9.17) is 29.6 Å². The molecule has 118 valence electrons. The zero-order chi connectivity index (χ0) is 15.8. The largest absolute Gasteiger partial charge is 0.389 e. The van der Waals surface area contributed by atoms with E-state index in [2.05, 4.69) is 30.6 Å². The molecule has 1 rings (SSSR count). The van der Waals surface area contributed by atoms with E-state index < -0.39 is 0 Å². The lowest BCUT2D eigenvalue weighted by Gasteiger charge is -2.26. The van der Waals surface area contributed by atoms with Gasteiger partial charge in [-0.05, 0) is 51.2 Å². The molecule has 0 unspecified atom stereocenters. The van der Waals surface area contributed by atoms with Crippen LogP contribution in [0.5, 0.6) is 0 Å². The van der Waals surface area contributed by atoms with Gasteiger partial charge in [0, 0.05) is 18.7 Å². The van der Waals surface area contributed by atoms with Crippen molar-refractivity contribution in [2.75, 3.05) is 37.6 Å². The van der Waals surface area contributed by atoms with E-state index >= 15 is 0 Å². The van der Waals surface area contributed by atoms with Gasteiger partial charge in [-0.25, -0.2) is 0 Å². The smallest absolute Gasteiger partial charge is 0.104 e. The molecule has 0 aromatic heterocycles. The molecule has 0 atom stereocenters. The zero-order valence-corrected chi connectivity index (χ0v) is 14.8. The molecule has 0 bridgehead atoms. The second-order valence-electron chi connectivity index (χ2n) is 4.99. The van der Waals surface area contributed by atoms with Crippen LogP contribution < -0.4 is 10.6 Å². The van der Waals surface area contributed by atoms with Crippen LogP contribution in [-0.4, -0.2) is 42.6 Å². The third-order valence-corrected chi connectivity index (χ3v) is 4.29. The number of nitrogens with two attached hydrogens (primary N) is 1. The number of benzene rings is 1. The Hall–Kier alpha value is -0.840. The van der Waals surface area contributed by atoms with E-state index in [1.165, 1.54) is 0 Å². The molecule has 0 aliphatic rings. The SMILES string of the molecule is CCN(CC)CCCN(CC)c1ccc(C(N)=S)cc1Cl. The van der Waals surface area contributed by atoms with Crippen molar-refractivity contribution in [1.82, 2.24) is 4.90 Å². The minimum absolute atomic E-state index is 0.382. The molecule has 1 aromatic rings. The first-order chi connectivity index (χ1) is 10.0. The van der Waals surface area contributed by atoms with E-state index in [-0.39, 0.29) is 0 Å². The summed E-state index contributed by atoms with van der Waals surface area (Å²) >= 11 is 11.4. The van der Waals surface area contributed by atoms with Crippen molar-refractivity contribution in [3.8, 4) is 0 Å². The van der Waals surface area contributed by atoms with Crippen LogP contribution in [0.4, 0.5) is 5.69 Å². The summed E-state index contributed by atoms with van der Waals surface area (Å²) in [6, 6.07) is 5.81. The van der Waals surface area contributed by atoms with Crippen LogP contribution in [0.1, 0.15) is 32.8 Å². The third kappa shape index (κ3) is 5.46. The van der Waals surface area contributed by atoms with Gasteiger partial charge in [-0.2, -0.15) is 0 Å². The normalized spacial score (nSPS) is 10.9. The Kier molecular flexibility index (Phi) is 8.01. The summed E-state index contributed by atoms with van der Waals surface area (Å²) in [6.07, 6.45) is 1.13. The van der Waals surface area contributed by atoms with E-state index in [0.717, 1.165) is 50.4 Å². The second kappa shape index (κ2) is 9.23. The fourth-order valence-corrected chi connectivity index (χ4v) is 2.82. The molecule has 3 nitrogen and oxygen atoms in total. The summed E-state index contributed by atoms with van der Waals surface area (Å²) in [4.78, 5) is 5.12. The quantitative estimate of drug-likeness (QED) is 0.703. The predicted octanol–water partition coefficient (Wildman–Crippen LogP) is 3.53. The highest BCUT2D eigenvalue weighted by Gasteiger charge is 2.10. The number of thiocarbonyl (C=S) groups is 1. The summed E-state index contributed by atoms with van der Waals surface area (Å²) in [7, 11) is 0. The Bertz CT molecular complexity index is 461. The van der Waals surface area contributed by atoms with E-state index in [0.29, 0.717) is 10.0 Å². The Morgan fingerprint density at radius 2 is 1.81 bits per heavy atom. The van der Waals surface area contributed by atoms with Gasteiger partial charge in [-0.1, -0.05) is 37.7 Å². The first-order valence-electron chi connectivity index (χ1n) is 7.60. The average molecular weight is 328 g/mol. The third-order valence-electron chi connectivity index (χ3n) is 3.75. The zero-order valence-electron chi connectivity index (χ0n) is 13.2. The van der Waals surface area contributed by atoms with Crippen molar-refractivity contribution in [3.63, 3.8) is 0 Å². The number of hydrogen-bond acceptors (Lipinski definition) is 3. The van der Waals surface area contributed by atoms with Crippen LogP contribution in [0.25, 0.3) is 0 Å². The summed E-state index contributed by atoms with van der Waals surface area (Å²) < 4.78 is 0. The maximum Gasteiger partial charge on any atom is 0.104 e. The molecule has 0 heterocycles. The molecule has 5 heteroatoms. The highest BCUT2D eigenvalue weighted by atomic mass is 35.5. The van der Waals surface area contributed by atoms with Gasteiger partial charge in [0.15, 0.2) is 0 Å². The maximum atomic E-state index is 6.38. The molecule has 0 aliphatic heterocycles. The Labute approximate surface area is 139 Å². The lowest BCUT2D eigenvalue weighted by molar-refractivity contribution is 0.301. The van der Waals surface area contributed by atoms with Crippen LogP contribution in [0.2, 0.25) is 5.02 Å². The van der Waals surface area contributed by atoms with E-state index in [1.807, 2.05) is 18.2 Å². The summed E-state index contributed by atoms with van der Waals surface area (Å²) in [5.74, 6) is 0. The number of halogens is 1. The number of anilines is 1. The molecule has 0 saturated heterocycles. The van der Waals surface area contributed by atoms with Crippen molar-refractivity contribution < 1.29 is 0 Å². The molecule has 0 amide bonds. The first kappa shape index (κ1) is 18.2. The summed E-state index contributed by atoms with van der Waals surface area (Å²) in [5, 5.41) is 0.713. The lowest BCUT2D eigenvalue weighted by atomic mass is 10.2. The molecule has 0 aliphatic carbocycles. The number of rotatable bonds is 9. The maximum absolute atomic E-state index is 6.38. The minimum Gasteiger partial charge on any atom is -0.389 e. The van der Waals surface area contributed by atoms with Crippen LogP contribution in [0.15, 0.2) is 18.2 Å². The van der Waals surface area contributed by atoms with Gasteiger partial charge in [0.25, 0.3) is 0 Å². The van der Waals surface area contributed by atoms with Crippen molar-refractivity contribution in [3.05, 3.63) is 28.8 Å². The molecule has 0 fully saturated rings. The summed E-state index contributed by atoms with van der Waals surface area (Å²) in [6.45, 7) is 11.8. The first-order valence-corrected chi connectivity index (χ1v) is 8.38. The highest BCUT2D eigenvalue weighted by Crippen LogP contribution is 2.27. The monoisotopic (exact) mass is 327 g/mol. The van der Waals surface area contributed by atoms with Crippen molar-refractivity contribution in [1.29, 1.82) is 0 Å². The Morgan fingerprint density at radius 1 is 1.14 bits per heavy atom. The lowest BCUT2D eigenvalue weighted by Crippen LogP contribution is -2.30. The fraction of sp³-hybridized carbons (Fsp3) is 0.562. The van der Waals surface area contributed by atoms with Crippen LogP contribution in [0.3, 0.4) is 0 Å². The highest BCUT2D eigenvalue weighted by molar-refractivity contribution is 7.80. The predicted molar refractivity (Wildman–Crippen MR) is 97.6 cm³/mol. The van der Waals surface area contributed by atoms with Gasteiger partial charge in [0.2, 0.25) is 0 Å². The van der Waals surface area contributed by atoms with Crippen LogP contribution >= 0.6 is 23.8 Å². The van der Waals surface area contributed by atoms with E-state index in [1.54, 1.807) is 0 Å². The van der Waals surface area contributed by atoms with Gasteiger partial charge in [0.1, 0.15) is 4.99 Å². The van der Waals surface area contributed by atoms with E-state index in [9.17, 15) is 0 Å². The molecular formula is C16H26ClN3S. The van der Waals surface area contributed by atoms with Crippen molar-refractivity contribution >= 4 is 34.5 Å². The van der Waals surface area contributed by atoms with Gasteiger partial charge in [-0.15, -0.1) is 0 Å². The van der Waals surface area contributed by atoms with Crippen molar-refractivity contribution in [2.45, 2.75) is 27.2 Å². The van der Waals surface area contributed by atoms with Crippen LogP contribution in [0, 0.1) is 0 Å². The number of hydrogen-bond donors (Lipinski definition) is 1. The second-order valence-corrected chi connectivity index (χ2v) is 5.84. The molecule has 0 spiro atoms. The molecule has 1 aromatic carbocycles. The molecule has 0 radical (unpaired) electrons.